The molecule has 6 nitrogen and oxygen atoms in total. The third-order valence-corrected chi connectivity index (χ3v) is 4.79. The van der Waals surface area contributed by atoms with Crippen molar-refractivity contribution in [1.29, 1.82) is 0 Å². The predicted octanol–water partition coefficient (Wildman–Crippen LogP) is 2.74. The second-order valence-corrected chi connectivity index (χ2v) is 7.77. The Morgan fingerprint density at radius 3 is 2.59 bits per heavy atom. The molecule has 0 saturated carbocycles. The van der Waals surface area contributed by atoms with E-state index in [0.717, 1.165) is 0 Å². The molecule has 0 bridgehead atoms. The minimum absolute atomic E-state index is 0.131. The second kappa shape index (κ2) is 6.76. The number of halogens is 1. The molecule has 0 saturated heterocycles. The highest BCUT2D eigenvalue weighted by Gasteiger charge is 2.25. The SMILES string of the molecule is CC(C)CC(N)c1nnc(S(=O)(=O)Cc2ccccc2Cl)o1. The molecule has 0 aliphatic heterocycles. The molecule has 120 valence electrons. The van der Waals surface area contributed by atoms with Crippen LogP contribution in [0.1, 0.15) is 37.8 Å². The summed E-state index contributed by atoms with van der Waals surface area (Å²) in [7, 11) is -3.76. The van der Waals surface area contributed by atoms with E-state index in [0.29, 0.717) is 22.9 Å². The van der Waals surface area contributed by atoms with Crippen LogP contribution in [0, 0.1) is 5.92 Å². The van der Waals surface area contributed by atoms with Gasteiger partial charge in [-0.25, -0.2) is 8.42 Å². The quantitative estimate of drug-likeness (QED) is 0.865. The minimum Gasteiger partial charge on any atom is -0.411 e. The summed E-state index contributed by atoms with van der Waals surface area (Å²) in [6.07, 6.45) is 0.631. The Kier molecular flexibility index (Phi) is 5.20. The van der Waals surface area contributed by atoms with Crippen molar-refractivity contribution in [2.75, 3.05) is 0 Å². The van der Waals surface area contributed by atoms with Crippen LogP contribution in [-0.4, -0.2) is 18.6 Å². The molecule has 1 unspecified atom stereocenters. The average Bonchev–Trinajstić information content (AvgIpc) is 2.91. The van der Waals surface area contributed by atoms with Crippen molar-refractivity contribution < 1.29 is 12.8 Å². The number of hydrogen-bond donors (Lipinski definition) is 1. The van der Waals surface area contributed by atoms with Gasteiger partial charge in [0.25, 0.3) is 0 Å². The van der Waals surface area contributed by atoms with E-state index < -0.39 is 21.1 Å². The summed E-state index contributed by atoms with van der Waals surface area (Å²) in [5, 5.41) is 7.31. The van der Waals surface area contributed by atoms with Crippen molar-refractivity contribution in [1.82, 2.24) is 10.2 Å². The number of rotatable bonds is 6. The van der Waals surface area contributed by atoms with Crippen LogP contribution < -0.4 is 5.73 Å². The molecule has 0 radical (unpaired) electrons. The monoisotopic (exact) mass is 343 g/mol. The maximum Gasteiger partial charge on any atom is 0.335 e. The van der Waals surface area contributed by atoms with Crippen molar-refractivity contribution in [2.24, 2.45) is 11.7 Å². The summed E-state index contributed by atoms with van der Waals surface area (Å²) in [4.78, 5) is 0. The first-order chi connectivity index (χ1) is 10.3. The van der Waals surface area contributed by atoms with Gasteiger partial charge in [-0.3, -0.25) is 0 Å². The van der Waals surface area contributed by atoms with Gasteiger partial charge in [-0.2, -0.15) is 0 Å². The summed E-state index contributed by atoms with van der Waals surface area (Å²) in [5.74, 6) is 0.171. The van der Waals surface area contributed by atoms with E-state index >= 15 is 0 Å². The number of nitrogens with zero attached hydrogens (tertiary/aromatic N) is 2. The van der Waals surface area contributed by atoms with Gasteiger partial charge in [0.2, 0.25) is 15.7 Å². The van der Waals surface area contributed by atoms with E-state index in [9.17, 15) is 8.42 Å². The number of sulfone groups is 1. The summed E-state index contributed by atoms with van der Waals surface area (Å²) in [6.45, 7) is 4.01. The Bertz CT molecular complexity index is 743. The van der Waals surface area contributed by atoms with Crippen molar-refractivity contribution in [3.05, 3.63) is 40.7 Å². The fourth-order valence-electron chi connectivity index (χ4n) is 1.99. The molecule has 1 heterocycles. The van der Waals surface area contributed by atoms with E-state index in [1.54, 1.807) is 24.3 Å². The Morgan fingerprint density at radius 2 is 1.95 bits per heavy atom. The second-order valence-electron chi connectivity index (χ2n) is 5.49. The van der Waals surface area contributed by atoms with Crippen LogP contribution >= 0.6 is 11.6 Å². The molecule has 1 aromatic heterocycles. The zero-order valence-electron chi connectivity index (χ0n) is 12.4. The highest BCUT2D eigenvalue weighted by Crippen LogP contribution is 2.23. The lowest BCUT2D eigenvalue weighted by atomic mass is 10.1. The largest absolute Gasteiger partial charge is 0.411 e. The third kappa shape index (κ3) is 4.06. The van der Waals surface area contributed by atoms with E-state index in [-0.39, 0.29) is 11.6 Å². The lowest BCUT2D eigenvalue weighted by Crippen LogP contribution is -2.13. The van der Waals surface area contributed by atoms with Crippen LogP contribution in [0.3, 0.4) is 0 Å². The average molecular weight is 344 g/mol. The van der Waals surface area contributed by atoms with Crippen LogP contribution in [0.2, 0.25) is 5.02 Å². The summed E-state index contributed by atoms with van der Waals surface area (Å²) < 4.78 is 29.9. The van der Waals surface area contributed by atoms with Gasteiger partial charge in [-0.15, -0.1) is 5.10 Å². The number of hydrogen-bond acceptors (Lipinski definition) is 6. The molecule has 0 spiro atoms. The maximum absolute atomic E-state index is 12.3. The van der Waals surface area contributed by atoms with Crippen molar-refractivity contribution in [2.45, 2.75) is 37.3 Å². The summed E-state index contributed by atoms with van der Waals surface area (Å²) in [5.41, 5.74) is 6.40. The molecule has 0 aliphatic carbocycles. The van der Waals surface area contributed by atoms with Gasteiger partial charge in [0.05, 0.1) is 11.8 Å². The van der Waals surface area contributed by atoms with Crippen molar-refractivity contribution in [3.8, 4) is 0 Å². The van der Waals surface area contributed by atoms with Crippen molar-refractivity contribution >= 4 is 21.4 Å². The van der Waals surface area contributed by atoms with E-state index in [1.165, 1.54) is 0 Å². The molecule has 2 N–H and O–H groups in total. The van der Waals surface area contributed by atoms with Gasteiger partial charge >= 0.3 is 5.22 Å². The molecular formula is C14H18ClN3O3S. The first-order valence-electron chi connectivity index (χ1n) is 6.84. The van der Waals surface area contributed by atoms with Gasteiger partial charge in [-0.05, 0) is 24.0 Å². The summed E-state index contributed by atoms with van der Waals surface area (Å²) in [6, 6.07) is 6.24. The molecular weight excluding hydrogens is 326 g/mol. The number of aromatic nitrogens is 2. The Hall–Kier alpha value is -1.44. The molecule has 1 aromatic carbocycles. The third-order valence-electron chi connectivity index (χ3n) is 3.03. The van der Waals surface area contributed by atoms with Gasteiger partial charge in [-0.1, -0.05) is 48.7 Å². The molecule has 1 atom stereocenters. The zero-order valence-corrected chi connectivity index (χ0v) is 13.9. The Balaban J connectivity index is 2.20. The van der Waals surface area contributed by atoms with Gasteiger partial charge in [0.1, 0.15) is 0 Å². The van der Waals surface area contributed by atoms with Crippen molar-refractivity contribution in [3.63, 3.8) is 0 Å². The smallest absolute Gasteiger partial charge is 0.335 e. The normalized spacial score (nSPS) is 13.5. The molecule has 0 amide bonds. The first kappa shape index (κ1) is 16.9. The lowest BCUT2D eigenvalue weighted by Gasteiger charge is -2.08. The molecule has 0 fully saturated rings. The molecule has 2 rings (SSSR count). The zero-order chi connectivity index (χ0) is 16.3. The lowest BCUT2D eigenvalue weighted by molar-refractivity contribution is 0.352. The Labute approximate surface area is 134 Å². The fraction of sp³-hybridized carbons (Fsp3) is 0.429. The standard InChI is InChI=1S/C14H18ClN3O3S/c1-9(2)7-12(16)13-17-18-14(21-13)22(19,20)8-10-5-3-4-6-11(10)15/h3-6,9,12H,7-8,16H2,1-2H3. The minimum atomic E-state index is -3.76. The molecule has 2 aromatic rings. The van der Waals surface area contributed by atoms with Crippen LogP contribution in [0.4, 0.5) is 0 Å². The predicted molar refractivity (Wildman–Crippen MR) is 83.0 cm³/mol. The van der Waals surface area contributed by atoms with Crippen LogP contribution in [0.5, 0.6) is 0 Å². The van der Waals surface area contributed by atoms with Gasteiger partial charge in [0, 0.05) is 5.02 Å². The van der Waals surface area contributed by atoms with E-state index in [2.05, 4.69) is 10.2 Å². The number of nitrogens with two attached hydrogens (primary N) is 1. The molecule has 8 heteroatoms. The highest BCUT2D eigenvalue weighted by molar-refractivity contribution is 7.90. The first-order valence-corrected chi connectivity index (χ1v) is 8.87. The Morgan fingerprint density at radius 1 is 1.27 bits per heavy atom. The maximum atomic E-state index is 12.3. The molecule has 22 heavy (non-hydrogen) atoms. The van der Waals surface area contributed by atoms with Crippen LogP contribution in [0.15, 0.2) is 33.9 Å². The topological polar surface area (TPSA) is 99.1 Å². The van der Waals surface area contributed by atoms with Gasteiger partial charge < -0.3 is 10.2 Å². The van der Waals surface area contributed by atoms with Gasteiger partial charge in [0.15, 0.2) is 0 Å². The van der Waals surface area contributed by atoms with E-state index in [4.69, 9.17) is 21.8 Å². The molecule has 0 aliphatic rings. The highest BCUT2D eigenvalue weighted by atomic mass is 35.5. The van der Waals surface area contributed by atoms with Crippen LogP contribution in [0.25, 0.3) is 0 Å². The summed E-state index contributed by atoms with van der Waals surface area (Å²) >= 11 is 5.98. The number of benzene rings is 1. The fourth-order valence-corrected chi connectivity index (χ4v) is 3.43. The van der Waals surface area contributed by atoms with E-state index in [1.807, 2.05) is 13.8 Å². The van der Waals surface area contributed by atoms with Crippen LogP contribution in [-0.2, 0) is 15.6 Å².